The Morgan fingerprint density at radius 1 is 0.725 bits per heavy atom. The first kappa shape index (κ1) is 25.5. The van der Waals surface area contributed by atoms with E-state index >= 15 is 17.3 Å². The molecule has 0 saturated heterocycles. The quantitative estimate of drug-likeness (QED) is 0.349. The standard InChI is InChI=1S/C24H18B2F4N6.C3H6O/c27-25(28)33-12-2-8-19(33)23(20-9-3-13-34(20)25)31-17-6-1-7-18(16-17)32-24-21-10-4-14-35(21)26(29,30)36-15-5-11-22(24)36;1-3(2)4/h1-16,31-32H;1-2H3. The number of benzene rings is 1. The van der Waals surface area contributed by atoms with Crippen molar-refractivity contribution in [3.63, 3.8) is 0 Å². The van der Waals surface area contributed by atoms with Crippen LogP contribution in [0.1, 0.15) is 25.2 Å². The highest BCUT2D eigenvalue weighted by molar-refractivity contribution is 6.58. The molecule has 0 fully saturated rings. The second-order valence-corrected chi connectivity index (χ2v) is 9.87. The molecule has 0 radical (unpaired) electrons. The Morgan fingerprint density at radius 3 is 1.57 bits per heavy atom. The number of carbonyl (C=O) groups excluding carboxylic acids is 1. The van der Waals surface area contributed by atoms with Gasteiger partial charge in [-0.15, -0.1) is 0 Å². The van der Waals surface area contributed by atoms with Crippen LogP contribution in [0.25, 0.3) is 11.4 Å². The van der Waals surface area contributed by atoms with Crippen molar-refractivity contribution in [1.82, 2.24) is 8.96 Å². The average molecular weight is 546 g/mol. The van der Waals surface area contributed by atoms with E-state index in [2.05, 4.69) is 10.6 Å². The summed E-state index contributed by atoms with van der Waals surface area (Å²) in [5.74, 6) is 0.167. The number of hydrogen-bond donors (Lipinski definition) is 2. The van der Waals surface area contributed by atoms with Crippen molar-refractivity contribution in [2.75, 3.05) is 10.6 Å². The highest BCUT2D eigenvalue weighted by Gasteiger charge is 2.52. The molecule has 40 heavy (non-hydrogen) atoms. The number of Topliss-reactive ketones (excluding diaryl/α,β-unsaturated/α-hetero) is 1. The van der Waals surface area contributed by atoms with Crippen LogP contribution >= 0.6 is 0 Å². The molecule has 2 N–H and O–H groups in total. The number of fused-ring (bicyclic) bond motifs is 4. The molecule has 0 aliphatic carbocycles. The molecule has 13 heteroatoms. The van der Waals surface area contributed by atoms with Crippen LogP contribution in [0, 0.1) is 0 Å². The van der Waals surface area contributed by atoms with Crippen molar-refractivity contribution >= 4 is 54.9 Å². The number of hydrogen-bond acceptors (Lipinski definition) is 3. The molecular formula is C27H24B2F4N6O. The molecule has 4 aliphatic heterocycles. The van der Waals surface area contributed by atoms with Crippen LogP contribution in [0.2, 0.25) is 0 Å². The molecule has 0 atom stereocenters. The van der Waals surface area contributed by atoms with Gasteiger partial charge in [0.25, 0.3) is 0 Å². The highest BCUT2D eigenvalue weighted by Crippen LogP contribution is 2.37. The molecule has 0 unspecified atom stereocenters. The third kappa shape index (κ3) is 3.96. The minimum atomic E-state index is -3.98. The van der Waals surface area contributed by atoms with Gasteiger partial charge in [-0.3, -0.25) is 0 Å². The van der Waals surface area contributed by atoms with Crippen LogP contribution in [0.5, 0.6) is 0 Å². The molecule has 202 valence electrons. The fourth-order valence-electron chi connectivity index (χ4n) is 5.26. The Morgan fingerprint density at radius 2 is 1.15 bits per heavy atom. The first-order valence-corrected chi connectivity index (χ1v) is 12.7. The second kappa shape index (κ2) is 9.15. The van der Waals surface area contributed by atoms with Gasteiger partial charge in [-0.2, -0.15) is 0 Å². The lowest BCUT2D eigenvalue weighted by atomic mass is 9.90. The predicted octanol–water partition coefficient (Wildman–Crippen LogP) is 5.23. The summed E-state index contributed by atoms with van der Waals surface area (Å²) in [6, 6.07) is 13.8. The van der Waals surface area contributed by atoms with E-state index in [1.807, 2.05) is 24.3 Å². The van der Waals surface area contributed by atoms with Gasteiger partial charge in [0, 0.05) is 47.1 Å². The maximum Gasteiger partial charge on any atom is 0.737 e. The van der Waals surface area contributed by atoms with Gasteiger partial charge in [0.2, 0.25) is 0 Å². The van der Waals surface area contributed by atoms with E-state index in [0.29, 0.717) is 45.6 Å². The molecule has 0 spiro atoms. The molecule has 1 aromatic carbocycles. The van der Waals surface area contributed by atoms with Crippen molar-refractivity contribution < 1.29 is 31.0 Å². The second-order valence-electron chi connectivity index (χ2n) is 9.87. The molecule has 4 aliphatic rings. The molecule has 0 bridgehead atoms. The number of allylic oxidation sites excluding steroid dienone is 4. The fourth-order valence-corrected chi connectivity index (χ4v) is 5.26. The number of anilines is 2. The fraction of sp³-hybridized carbons (Fsp3) is 0.0741. The van der Waals surface area contributed by atoms with E-state index < -0.39 is 13.9 Å². The van der Waals surface area contributed by atoms with Gasteiger partial charge in [0.15, 0.2) is 11.4 Å². The molecule has 7 nitrogen and oxygen atoms in total. The van der Waals surface area contributed by atoms with E-state index in [4.69, 9.17) is 0 Å². The van der Waals surface area contributed by atoms with Crippen molar-refractivity contribution in [2.24, 2.45) is 0 Å². The van der Waals surface area contributed by atoms with Crippen molar-refractivity contribution in [2.45, 2.75) is 13.8 Å². The monoisotopic (exact) mass is 546 g/mol. The lowest BCUT2D eigenvalue weighted by Gasteiger charge is -2.31. The zero-order chi connectivity index (χ0) is 28.2. The van der Waals surface area contributed by atoms with E-state index in [9.17, 15) is 4.79 Å². The van der Waals surface area contributed by atoms with Crippen LogP contribution in [0.4, 0.5) is 28.6 Å². The van der Waals surface area contributed by atoms with Gasteiger partial charge in [0.05, 0.1) is 0 Å². The minimum Gasteiger partial charge on any atom is -0.395 e. The van der Waals surface area contributed by atoms with Crippen LogP contribution in [-0.2, 0) is 4.79 Å². The van der Waals surface area contributed by atoms with Crippen LogP contribution < -0.4 is 10.6 Å². The van der Waals surface area contributed by atoms with Gasteiger partial charge < -0.3 is 50.6 Å². The number of rotatable bonds is 4. The number of nitrogens with zero attached hydrogens (tertiary/aromatic N) is 4. The molecule has 0 amide bonds. The van der Waals surface area contributed by atoms with Crippen LogP contribution in [0.15, 0.2) is 96.6 Å². The first-order valence-electron chi connectivity index (χ1n) is 12.7. The van der Waals surface area contributed by atoms with Crippen LogP contribution in [0.3, 0.4) is 0 Å². The van der Waals surface area contributed by atoms with Crippen LogP contribution in [-0.4, -0.2) is 50.1 Å². The normalized spacial score (nSPS) is 18.6. The van der Waals surface area contributed by atoms with E-state index in [0.717, 1.165) is 17.9 Å². The van der Waals surface area contributed by atoms with E-state index in [-0.39, 0.29) is 5.78 Å². The summed E-state index contributed by atoms with van der Waals surface area (Å²) in [6.07, 6.45) is 12.0. The summed E-state index contributed by atoms with van der Waals surface area (Å²) in [7, 11) is 0. The van der Waals surface area contributed by atoms with E-state index in [1.165, 1.54) is 38.7 Å². The number of aromatic nitrogens is 2. The van der Waals surface area contributed by atoms with Crippen molar-refractivity contribution in [3.8, 4) is 0 Å². The Labute approximate surface area is 227 Å². The molecule has 2 aromatic heterocycles. The predicted molar refractivity (Wildman–Crippen MR) is 150 cm³/mol. The zero-order valence-corrected chi connectivity index (χ0v) is 21.6. The topological polar surface area (TPSA) is 57.0 Å². The Kier molecular flexibility index (Phi) is 5.83. The smallest absolute Gasteiger partial charge is 0.395 e. The van der Waals surface area contributed by atoms with E-state index in [1.54, 1.807) is 48.6 Å². The van der Waals surface area contributed by atoms with Gasteiger partial charge in [-0.1, -0.05) is 6.07 Å². The van der Waals surface area contributed by atoms with Crippen molar-refractivity contribution in [1.29, 1.82) is 0 Å². The van der Waals surface area contributed by atoms with Crippen molar-refractivity contribution in [3.05, 3.63) is 108 Å². The molecule has 0 saturated carbocycles. The summed E-state index contributed by atoms with van der Waals surface area (Å²) < 4.78 is 64.0. The Hall–Kier alpha value is -4.80. The third-order valence-corrected chi connectivity index (χ3v) is 6.88. The van der Waals surface area contributed by atoms with Gasteiger partial charge in [0.1, 0.15) is 29.6 Å². The zero-order valence-electron chi connectivity index (χ0n) is 21.6. The summed E-state index contributed by atoms with van der Waals surface area (Å²) in [5, 5.41) is 6.59. The summed E-state index contributed by atoms with van der Waals surface area (Å²) in [6.45, 7) is -4.90. The molecular weight excluding hydrogens is 522 g/mol. The van der Waals surface area contributed by atoms with Gasteiger partial charge in [-0.25, -0.2) is 0 Å². The SMILES string of the molecule is CC(C)=O.F[B-]1(F)n2cccc2C(Nc2cccc(NC3=C4C=CC=[N+]4[B-](F)(F)n4cccc43)c2)=C2C=CC=[N+]21. The van der Waals surface area contributed by atoms with Gasteiger partial charge >= 0.3 is 13.9 Å². The minimum absolute atomic E-state index is 0.167. The number of carbonyl (C=O) groups is 1. The Bertz CT molecular complexity index is 1640. The first-order chi connectivity index (χ1) is 19.1. The number of halogens is 4. The third-order valence-electron chi connectivity index (χ3n) is 6.88. The summed E-state index contributed by atoms with van der Waals surface area (Å²) >= 11 is 0. The maximum atomic E-state index is 15.0. The average Bonchev–Trinajstić information content (AvgIpc) is 3.71. The Balaban J connectivity index is 0.000000680. The lowest BCUT2D eigenvalue weighted by Crippen LogP contribution is -2.49. The van der Waals surface area contributed by atoms with Gasteiger partial charge in [-0.05, 0) is 68.7 Å². The maximum absolute atomic E-state index is 15.0. The molecule has 7 rings (SSSR count). The lowest BCUT2D eigenvalue weighted by molar-refractivity contribution is -0.357. The molecule has 6 heterocycles. The summed E-state index contributed by atoms with van der Waals surface area (Å²) in [5.41, 5.74) is 3.93. The highest BCUT2D eigenvalue weighted by atomic mass is 19.3. The largest absolute Gasteiger partial charge is 0.737 e. The number of nitrogens with one attached hydrogen (secondary N) is 2. The molecule has 3 aromatic rings. The summed E-state index contributed by atoms with van der Waals surface area (Å²) in [4.78, 5) is 9.44. The number of ketones is 1.